The number of hydrogen-bond acceptors (Lipinski definition) is 3. The van der Waals surface area contributed by atoms with Crippen molar-refractivity contribution in [3.8, 4) is 11.5 Å². The van der Waals surface area contributed by atoms with Crippen molar-refractivity contribution >= 4 is 0 Å². The summed E-state index contributed by atoms with van der Waals surface area (Å²) in [6.45, 7) is 6.56. The number of hydrogen-bond donors (Lipinski definition) is 1. The number of benzene rings is 1. The maximum Gasteiger partial charge on any atom is 0.123 e. The third-order valence-electron chi connectivity index (χ3n) is 3.19. The summed E-state index contributed by atoms with van der Waals surface area (Å²) >= 11 is 0. The molecule has 3 heteroatoms. The molecule has 1 rings (SSSR count). The van der Waals surface area contributed by atoms with Crippen LogP contribution < -0.4 is 14.8 Å². The average molecular weight is 265 g/mol. The molecule has 0 aliphatic carbocycles. The van der Waals surface area contributed by atoms with Gasteiger partial charge in [0.25, 0.3) is 0 Å². The third-order valence-corrected chi connectivity index (χ3v) is 3.19. The van der Waals surface area contributed by atoms with E-state index in [1.54, 1.807) is 14.2 Å². The summed E-state index contributed by atoms with van der Waals surface area (Å²) in [5, 5.41) is 3.62. The summed E-state index contributed by atoms with van der Waals surface area (Å²) in [6, 6.07) is 6.75. The Hall–Kier alpha value is -1.22. The quantitative estimate of drug-likeness (QED) is 0.772. The van der Waals surface area contributed by atoms with Crippen molar-refractivity contribution in [3.63, 3.8) is 0 Å². The zero-order chi connectivity index (χ0) is 14.3. The van der Waals surface area contributed by atoms with Crippen LogP contribution in [0.3, 0.4) is 0 Å². The van der Waals surface area contributed by atoms with Crippen LogP contribution >= 0.6 is 0 Å². The van der Waals surface area contributed by atoms with Crippen LogP contribution in [0.25, 0.3) is 0 Å². The second kappa shape index (κ2) is 8.05. The monoisotopic (exact) mass is 265 g/mol. The smallest absolute Gasteiger partial charge is 0.123 e. The van der Waals surface area contributed by atoms with Crippen LogP contribution in [0.2, 0.25) is 0 Å². The van der Waals surface area contributed by atoms with Gasteiger partial charge in [-0.25, -0.2) is 0 Å². The highest BCUT2D eigenvalue weighted by Gasteiger charge is 2.17. The van der Waals surface area contributed by atoms with Crippen molar-refractivity contribution < 1.29 is 9.47 Å². The topological polar surface area (TPSA) is 30.5 Å². The van der Waals surface area contributed by atoms with Crippen LogP contribution in [0.1, 0.15) is 51.6 Å². The van der Waals surface area contributed by atoms with E-state index in [-0.39, 0.29) is 0 Å². The fourth-order valence-electron chi connectivity index (χ4n) is 2.25. The summed E-state index contributed by atoms with van der Waals surface area (Å²) in [7, 11) is 3.42. The van der Waals surface area contributed by atoms with Gasteiger partial charge in [0.2, 0.25) is 0 Å². The van der Waals surface area contributed by atoms with E-state index in [4.69, 9.17) is 9.47 Å². The molecule has 1 N–H and O–H groups in total. The summed E-state index contributed by atoms with van der Waals surface area (Å²) < 4.78 is 10.8. The normalized spacial score (nSPS) is 12.5. The molecule has 0 heterocycles. The van der Waals surface area contributed by atoms with E-state index in [2.05, 4.69) is 32.2 Å². The number of ether oxygens (including phenoxy) is 2. The Kier molecular flexibility index (Phi) is 6.71. The summed E-state index contributed by atoms with van der Waals surface area (Å²) in [5.74, 6) is 1.80. The largest absolute Gasteiger partial charge is 0.497 e. The molecule has 19 heavy (non-hydrogen) atoms. The van der Waals surface area contributed by atoms with E-state index < -0.39 is 0 Å². The average Bonchev–Trinajstić information content (AvgIpc) is 2.42. The van der Waals surface area contributed by atoms with Gasteiger partial charge in [-0.15, -0.1) is 0 Å². The predicted octanol–water partition coefficient (Wildman–Crippen LogP) is 3.93. The van der Waals surface area contributed by atoms with Crippen molar-refractivity contribution in [3.05, 3.63) is 23.8 Å². The Bertz CT molecular complexity index is 377. The molecule has 0 amide bonds. The van der Waals surface area contributed by atoms with Gasteiger partial charge >= 0.3 is 0 Å². The zero-order valence-electron chi connectivity index (χ0n) is 12.8. The Labute approximate surface area is 117 Å². The molecule has 3 nitrogen and oxygen atoms in total. The Morgan fingerprint density at radius 3 is 2.42 bits per heavy atom. The number of unbranched alkanes of at least 4 members (excludes halogenated alkanes) is 1. The van der Waals surface area contributed by atoms with Crippen LogP contribution in [-0.4, -0.2) is 20.3 Å². The van der Waals surface area contributed by atoms with E-state index >= 15 is 0 Å². The summed E-state index contributed by atoms with van der Waals surface area (Å²) in [5.41, 5.74) is 1.18. The molecule has 0 aliphatic rings. The van der Waals surface area contributed by atoms with Gasteiger partial charge < -0.3 is 14.8 Å². The highest BCUT2D eigenvalue weighted by Crippen LogP contribution is 2.32. The Morgan fingerprint density at radius 1 is 1.16 bits per heavy atom. The molecule has 0 saturated heterocycles. The standard InChI is InChI=1S/C16H27NO2/c1-6-7-8-15(17-12(2)3)14-11-13(18-4)9-10-16(14)19-5/h9-12,15,17H,6-8H2,1-5H3. The number of nitrogens with one attached hydrogen (secondary N) is 1. The van der Waals surface area contributed by atoms with Gasteiger partial charge in [-0.3, -0.25) is 0 Å². The summed E-state index contributed by atoms with van der Waals surface area (Å²) in [4.78, 5) is 0. The third kappa shape index (κ3) is 4.75. The van der Waals surface area contributed by atoms with E-state index in [0.717, 1.165) is 17.9 Å². The van der Waals surface area contributed by atoms with E-state index in [1.165, 1.54) is 18.4 Å². The first-order chi connectivity index (χ1) is 9.12. The molecule has 1 unspecified atom stereocenters. The Morgan fingerprint density at radius 2 is 1.89 bits per heavy atom. The minimum Gasteiger partial charge on any atom is -0.497 e. The molecular weight excluding hydrogens is 238 g/mol. The van der Waals surface area contributed by atoms with E-state index in [1.807, 2.05) is 12.1 Å². The first-order valence-electron chi connectivity index (χ1n) is 7.10. The minimum absolute atomic E-state index is 0.310. The summed E-state index contributed by atoms with van der Waals surface area (Å²) in [6.07, 6.45) is 3.51. The molecule has 0 saturated carbocycles. The van der Waals surface area contributed by atoms with Crippen molar-refractivity contribution in [1.82, 2.24) is 5.32 Å². The van der Waals surface area contributed by atoms with Crippen molar-refractivity contribution in [2.45, 2.75) is 52.1 Å². The SMILES string of the molecule is CCCCC(NC(C)C)c1cc(OC)ccc1OC. The molecule has 0 spiro atoms. The van der Waals surface area contributed by atoms with Gasteiger partial charge in [0.05, 0.1) is 14.2 Å². The molecule has 0 aliphatic heterocycles. The molecule has 1 aromatic carbocycles. The molecule has 0 radical (unpaired) electrons. The minimum atomic E-state index is 0.310. The van der Waals surface area contributed by atoms with Crippen LogP contribution in [0.5, 0.6) is 11.5 Å². The molecule has 0 fully saturated rings. The van der Waals surface area contributed by atoms with Crippen molar-refractivity contribution in [2.75, 3.05) is 14.2 Å². The molecule has 1 atom stereocenters. The fraction of sp³-hybridized carbons (Fsp3) is 0.625. The van der Waals surface area contributed by atoms with Crippen LogP contribution in [0, 0.1) is 0 Å². The van der Waals surface area contributed by atoms with Crippen molar-refractivity contribution in [2.24, 2.45) is 0 Å². The van der Waals surface area contributed by atoms with Gasteiger partial charge in [-0.2, -0.15) is 0 Å². The van der Waals surface area contributed by atoms with Gasteiger partial charge in [0.15, 0.2) is 0 Å². The van der Waals surface area contributed by atoms with E-state index in [9.17, 15) is 0 Å². The zero-order valence-corrected chi connectivity index (χ0v) is 12.8. The van der Waals surface area contributed by atoms with Gasteiger partial charge in [-0.05, 0) is 24.6 Å². The number of methoxy groups -OCH3 is 2. The lowest BCUT2D eigenvalue weighted by Crippen LogP contribution is -2.28. The fourth-order valence-corrected chi connectivity index (χ4v) is 2.25. The first-order valence-corrected chi connectivity index (χ1v) is 7.10. The van der Waals surface area contributed by atoms with Crippen LogP contribution in [0.4, 0.5) is 0 Å². The first kappa shape index (κ1) is 15.8. The molecule has 108 valence electrons. The maximum absolute atomic E-state index is 5.49. The lowest BCUT2D eigenvalue weighted by atomic mass is 9.99. The molecule has 1 aromatic rings. The highest BCUT2D eigenvalue weighted by molar-refractivity contribution is 5.42. The van der Waals surface area contributed by atoms with Crippen molar-refractivity contribution in [1.29, 1.82) is 0 Å². The second-order valence-corrected chi connectivity index (χ2v) is 5.12. The Balaban J connectivity index is 3.03. The van der Waals surface area contributed by atoms with E-state index in [0.29, 0.717) is 12.1 Å². The lowest BCUT2D eigenvalue weighted by Gasteiger charge is -2.24. The van der Waals surface area contributed by atoms with Gasteiger partial charge in [0, 0.05) is 17.6 Å². The molecular formula is C16H27NO2. The second-order valence-electron chi connectivity index (χ2n) is 5.12. The van der Waals surface area contributed by atoms with Crippen LogP contribution in [0.15, 0.2) is 18.2 Å². The lowest BCUT2D eigenvalue weighted by molar-refractivity contribution is 0.376. The molecule has 0 bridgehead atoms. The van der Waals surface area contributed by atoms with Crippen LogP contribution in [-0.2, 0) is 0 Å². The molecule has 0 aromatic heterocycles. The predicted molar refractivity (Wildman–Crippen MR) is 80.1 cm³/mol. The number of rotatable bonds is 8. The van der Waals surface area contributed by atoms with Gasteiger partial charge in [0.1, 0.15) is 11.5 Å². The van der Waals surface area contributed by atoms with Gasteiger partial charge in [-0.1, -0.05) is 33.6 Å². The maximum atomic E-state index is 5.49. The highest BCUT2D eigenvalue weighted by atomic mass is 16.5.